The van der Waals surface area contributed by atoms with Crippen molar-refractivity contribution in [2.24, 2.45) is 17.8 Å². The van der Waals surface area contributed by atoms with Crippen molar-refractivity contribution in [3.05, 3.63) is 23.8 Å². The first-order chi connectivity index (χ1) is 13.6. The van der Waals surface area contributed by atoms with Gasteiger partial charge in [-0.3, -0.25) is 9.59 Å². The van der Waals surface area contributed by atoms with Gasteiger partial charge < -0.3 is 19.7 Å². The highest BCUT2D eigenvalue weighted by Gasteiger charge is 2.42. The van der Waals surface area contributed by atoms with Crippen LogP contribution >= 0.6 is 0 Å². The van der Waals surface area contributed by atoms with Crippen molar-refractivity contribution in [2.75, 3.05) is 27.3 Å². The van der Waals surface area contributed by atoms with E-state index in [-0.39, 0.29) is 17.7 Å². The Morgan fingerprint density at radius 3 is 2.68 bits per heavy atom. The molecular formula is C22H30N2O4. The summed E-state index contributed by atoms with van der Waals surface area (Å²) in [7, 11) is 3.23. The van der Waals surface area contributed by atoms with Crippen LogP contribution in [0.2, 0.25) is 0 Å². The number of methoxy groups -OCH3 is 2. The summed E-state index contributed by atoms with van der Waals surface area (Å²) in [6.45, 7) is 1.14. The molecule has 2 aliphatic carbocycles. The van der Waals surface area contributed by atoms with Gasteiger partial charge in [0.1, 0.15) is 0 Å². The molecule has 4 unspecified atom stereocenters. The first-order valence-corrected chi connectivity index (χ1v) is 10.4. The Kier molecular flexibility index (Phi) is 5.47. The first-order valence-electron chi connectivity index (χ1n) is 10.4. The largest absolute Gasteiger partial charge is 0.493 e. The van der Waals surface area contributed by atoms with Gasteiger partial charge in [-0.15, -0.1) is 0 Å². The van der Waals surface area contributed by atoms with Gasteiger partial charge in [0.15, 0.2) is 11.5 Å². The molecule has 3 aliphatic rings. The van der Waals surface area contributed by atoms with Crippen LogP contribution < -0.4 is 14.8 Å². The molecule has 6 heteroatoms. The molecule has 4 rings (SSSR count). The quantitative estimate of drug-likeness (QED) is 0.781. The summed E-state index contributed by atoms with van der Waals surface area (Å²) in [5.74, 6) is 2.78. The fourth-order valence-electron chi connectivity index (χ4n) is 5.19. The van der Waals surface area contributed by atoms with Crippen LogP contribution in [0.5, 0.6) is 11.5 Å². The lowest BCUT2D eigenvalue weighted by atomic mass is 9.94. The molecule has 0 spiro atoms. The molecule has 0 radical (unpaired) electrons. The van der Waals surface area contributed by atoms with Crippen LogP contribution in [0.4, 0.5) is 0 Å². The van der Waals surface area contributed by atoms with Gasteiger partial charge >= 0.3 is 0 Å². The van der Waals surface area contributed by atoms with Gasteiger partial charge in [0.2, 0.25) is 11.8 Å². The lowest BCUT2D eigenvalue weighted by molar-refractivity contribution is -0.129. The first kappa shape index (κ1) is 19.1. The molecule has 152 valence electrons. The zero-order chi connectivity index (χ0) is 19.7. The Morgan fingerprint density at radius 1 is 1.18 bits per heavy atom. The molecule has 2 saturated carbocycles. The van der Waals surface area contributed by atoms with E-state index in [2.05, 4.69) is 5.32 Å². The normalized spacial score (nSPS) is 28.6. The van der Waals surface area contributed by atoms with Crippen LogP contribution in [-0.4, -0.2) is 50.1 Å². The number of carbonyl (C=O) groups is 2. The SMILES string of the molecule is COc1ccc(CCN2CC(C(=O)NC3CC4CCC3C4)CC2=O)cc1OC. The second kappa shape index (κ2) is 8.02. The van der Waals surface area contributed by atoms with E-state index in [1.165, 1.54) is 19.3 Å². The van der Waals surface area contributed by atoms with E-state index in [9.17, 15) is 9.59 Å². The third-order valence-electron chi connectivity index (χ3n) is 6.77. The van der Waals surface area contributed by atoms with Crippen molar-refractivity contribution in [2.45, 2.75) is 44.6 Å². The molecule has 0 aromatic heterocycles. The molecule has 1 aromatic carbocycles. The van der Waals surface area contributed by atoms with Crippen LogP contribution in [-0.2, 0) is 16.0 Å². The molecule has 2 amide bonds. The molecule has 28 heavy (non-hydrogen) atoms. The molecule has 6 nitrogen and oxygen atoms in total. The maximum atomic E-state index is 12.7. The number of hydrogen-bond donors (Lipinski definition) is 1. The van der Waals surface area contributed by atoms with E-state index in [0.29, 0.717) is 43.0 Å². The van der Waals surface area contributed by atoms with E-state index in [4.69, 9.17) is 9.47 Å². The number of carbonyl (C=O) groups excluding carboxylic acids is 2. The number of likely N-dealkylation sites (tertiary alicyclic amines) is 1. The number of ether oxygens (including phenoxy) is 2. The van der Waals surface area contributed by atoms with Crippen LogP contribution in [0, 0.1) is 17.8 Å². The second-order valence-electron chi connectivity index (χ2n) is 8.47. The number of nitrogens with one attached hydrogen (secondary N) is 1. The van der Waals surface area contributed by atoms with Crippen molar-refractivity contribution < 1.29 is 19.1 Å². The monoisotopic (exact) mass is 386 g/mol. The molecule has 4 atom stereocenters. The highest BCUT2D eigenvalue weighted by atomic mass is 16.5. The fourth-order valence-corrected chi connectivity index (χ4v) is 5.19. The molecule has 3 fully saturated rings. The van der Waals surface area contributed by atoms with Gasteiger partial charge in [0, 0.05) is 25.6 Å². The summed E-state index contributed by atoms with van der Waals surface area (Å²) >= 11 is 0. The molecule has 2 bridgehead atoms. The average Bonchev–Trinajstić information content (AvgIpc) is 3.42. The molecule has 1 aliphatic heterocycles. The van der Waals surface area contributed by atoms with Crippen LogP contribution in [0.25, 0.3) is 0 Å². The van der Waals surface area contributed by atoms with E-state index >= 15 is 0 Å². The predicted octanol–water partition coefficient (Wildman–Crippen LogP) is 2.40. The van der Waals surface area contributed by atoms with Crippen molar-refractivity contribution in [1.29, 1.82) is 0 Å². The standard InChI is InChI=1S/C22H30N2O4/c1-27-19-6-4-14(11-20(19)28-2)7-8-24-13-17(12-21(24)25)22(26)23-18-10-15-3-5-16(18)9-15/h4,6,11,15-18H,3,5,7-10,12-13H2,1-2H3,(H,23,26). The van der Waals surface area contributed by atoms with Crippen LogP contribution in [0.15, 0.2) is 18.2 Å². The number of hydrogen-bond acceptors (Lipinski definition) is 4. The number of benzene rings is 1. The van der Waals surface area contributed by atoms with Gasteiger partial charge in [-0.1, -0.05) is 12.5 Å². The van der Waals surface area contributed by atoms with Crippen molar-refractivity contribution in [3.8, 4) is 11.5 Å². The van der Waals surface area contributed by atoms with Crippen LogP contribution in [0.1, 0.15) is 37.7 Å². The highest BCUT2D eigenvalue weighted by molar-refractivity contribution is 5.89. The molecular weight excluding hydrogens is 356 g/mol. The second-order valence-corrected chi connectivity index (χ2v) is 8.47. The van der Waals surface area contributed by atoms with Crippen molar-refractivity contribution in [1.82, 2.24) is 10.2 Å². The zero-order valence-corrected chi connectivity index (χ0v) is 16.8. The minimum Gasteiger partial charge on any atom is -0.493 e. The Bertz CT molecular complexity index is 750. The molecule has 1 heterocycles. The summed E-state index contributed by atoms with van der Waals surface area (Å²) in [4.78, 5) is 26.9. The smallest absolute Gasteiger partial charge is 0.225 e. The Balaban J connectivity index is 1.29. The summed E-state index contributed by atoms with van der Waals surface area (Å²) in [6.07, 6.45) is 6.02. The maximum Gasteiger partial charge on any atom is 0.225 e. The van der Waals surface area contributed by atoms with E-state index in [0.717, 1.165) is 24.3 Å². The molecule has 1 saturated heterocycles. The summed E-state index contributed by atoms with van der Waals surface area (Å²) in [5, 5.41) is 3.25. The minimum atomic E-state index is -0.211. The summed E-state index contributed by atoms with van der Waals surface area (Å²) < 4.78 is 10.6. The number of nitrogens with zero attached hydrogens (tertiary/aromatic N) is 1. The van der Waals surface area contributed by atoms with Crippen molar-refractivity contribution in [3.63, 3.8) is 0 Å². The topological polar surface area (TPSA) is 67.9 Å². The average molecular weight is 386 g/mol. The minimum absolute atomic E-state index is 0.0690. The highest BCUT2D eigenvalue weighted by Crippen LogP contribution is 2.44. The van der Waals surface area contributed by atoms with Gasteiger partial charge in [-0.25, -0.2) is 0 Å². The lowest BCUT2D eigenvalue weighted by Gasteiger charge is -2.24. The van der Waals surface area contributed by atoms with E-state index < -0.39 is 0 Å². The van der Waals surface area contributed by atoms with Crippen LogP contribution in [0.3, 0.4) is 0 Å². The Labute approximate surface area is 166 Å². The van der Waals surface area contributed by atoms with Gasteiger partial charge in [-0.05, 0) is 55.2 Å². The zero-order valence-electron chi connectivity index (χ0n) is 16.8. The van der Waals surface area contributed by atoms with Gasteiger partial charge in [0.25, 0.3) is 0 Å². The number of fused-ring (bicyclic) bond motifs is 2. The fraction of sp³-hybridized carbons (Fsp3) is 0.636. The van der Waals surface area contributed by atoms with Gasteiger partial charge in [-0.2, -0.15) is 0 Å². The predicted molar refractivity (Wildman–Crippen MR) is 105 cm³/mol. The van der Waals surface area contributed by atoms with Crippen molar-refractivity contribution >= 4 is 11.8 Å². The molecule has 1 aromatic rings. The summed E-state index contributed by atoms with van der Waals surface area (Å²) in [6, 6.07) is 6.15. The summed E-state index contributed by atoms with van der Waals surface area (Å²) in [5.41, 5.74) is 1.08. The number of rotatable bonds is 7. The number of amides is 2. The Morgan fingerprint density at radius 2 is 2.00 bits per heavy atom. The maximum absolute atomic E-state index is 12.7. The lowest BCUT2D eigenvalue weighted by Crippen LogP contribution is -2.42. The Hall–Kier alpha value is -2.24. The molecule has 1 N–H and O–H groups in total. The third-order valence-corrected chi connectivity index (χ3v) is 6.77. The third kappa shape index (κ3) is 3.82. The van der Waals surface area contributed by atoms with E-state index in [1.54, 1.807) is 14.2 Å². The van der Waals surface area contributed by atoms with E-state index in [1.807, 2.05) is 23.1 Å². The van der Waals surface area contributed by atoms with Gasteiger partial charge in [0.05, 0.1) is 20.1 Å².